The van der Waals surface area contributed by atoms with Gasteiger partial charge in [0.15, 0.2) is 5.76 Å². The van der Waals surface area contributed by atoms with Crippen LogP contribution in [-0.4, -0.2) is 44.0 Å². The Kier molecular flexibility index (Phi) is 4.62. The minimum Gasteiger partial charge on any atom is -0.451 e. The number of hydrogen-bond donors (Lipinski definition) is 1. The third-order valence-electron chi connectivity index (χ3n) is 5.38. The Balaban J connectivity index is 1.53. The summed E-state index contributed by atoms with van der Waals surface area (Å²) in [6.45, 7) is 8.15. The van der Waals surface area contributed by atoms with Crippen LogP contribution in [0.4, 0.5) is 11.4 Å². The molecule has 0 aliphatic carbocycles. The predicted octanol–water partition coefficient (Wildman–Crippen LogP) is 4.05. The van der Waals surface area contributed by atoms with Gasteiger partial charge in [0.2, 0.25) is 0 Å². The van der Waals surface area contributed by atoms with Crippen molar-refractivity contribution in [3.63, 3.8) is 0 Å². The molecule has 2 heterocycles. The second-order valence-corrected chi connectivity index (χ2v) is 7.30. The molecule has 1 aliphatic rings. The van der Waals surface area contributed by atoms with Crippen molar-refractivity contribution >= 4 is 28.3 Å². The molecule has 1 amide bonds. The highest BCUT2D eigenvalue weighted by molar-refractivity contribution is 6.06. The van der Waals surface area contributed by atoms with E-state index in [1.165, 1.54) is 5.69 Å². The Morgan fingerprint density at radius 2 is 1.78 bits per heavy atom. The van der Waals surface area contributed by atoms with E-state index in [9.17, 15) is 4.79 Å². The molecule has 5 nitrogen and oxygen atoms in total. The van der Waals surface area contributed by atoms with E-state index in [4.69, 9.17) is 4.42 Å². The van der Waals surface area contributed by atoms with E-state index in [1.54, 1.807) is 0 Å². The fraction of sp³-hybridized carbons (Fsp3) is 0.318. The molecule has 0 spiro atoms. The lowest BCUT2D eigenvalue weighted by Gasteiger charge is -2.34. The zero-order chi connectivity index (χ0) is 19.0. The molecule has 1 fully saturated rings. The van der Waals surface area contributed by atoms with Gasteiger partial charge in [0.05, 0.1) is 0 Å². The van der Waals surface area contributed by atoms with Gasteiger partial charge in [-0.1, -0.05) is 18.2 Å². The van der Waals surface area contributed by atoms with Crippen molar-refractivity contribution in [3.8, 4) is 0 Å². The smallest absolute Gasteiger partial charge is 0.291 e. The molecule has 3 aromatic rings. The van der Waals surface area contributed by atoms with Crippen LogP contribution in [-0.2, 0) is 0 Å². The zero-order valence-corrected chi connectivity index (χ0v) is 16.1. The number of piperazine rings is 1. The summed E-state index contributed by atoms with van der Waals surface area (Å²) >= 11 is 0. The molecular formula is C22H25N3O2. The molecule has 27 heavy (non-hydrogen) atoms. The number of aryl methyl sites for hydroxylation is 2. The highest BCUT2D eigenvalue weighted by atomic mass is 16.3. The zero-order valence-electron chi connectivity index (χ0n) is 16.1. The summed E-state index contributed by atoms with van der Waals surface area (Å²) in [4.78, 5) is 17.5. The number of nitrogens with zero attached hydrogens (tertiary/aromatic N) is 2. The molecule has 1 N–H and O–H groups in total. The van der Waals surface area contributed by atoms with E-state index >= 15 is 0 Å². The fourth-order valence-electron chi connectivity index (χ4n) is 3.62. The lowest BCUT2D eigenvalue weighted by Crippen LogP contribution is -2.44. The normalized spacial score (nSPS) is 15.3. The first kappa shape index (κ1) is 17.6. The van der Waals surface area contributed by atoms with Gasteiger partial charge >= 0.3 is 0 Å². The van der Waals surface area contributed by atoms with Crippen molar-refractivity contribution in [2.75, 3.05) is 43.4 Å². The van der Waals surface area contributed by atoms with E-state index in [0.29, 0.717) is 5.76 Å². The minimum atomic E-state index is -0.209. The van der Waals surface area contributed by atoms with Gasteiger partial charge < -0.3 is 19.5 Å². The number of anilines is 2. The third-order valence-corrected chi connectivity index (χ3v) is 5.38. The molecule has 2 aromatic carbocycles. The third kappa shape index (κ3) is 3.43. The van der Waals surface area contributed by atoms with E-state index in [2.05, 4.69) is 34.3 Å². The van der Waals surface area contributed by atoms with E-state index in [1.807, 2.05) is 44.2 Å². The van der Waals surface area contributed by atoms with Crippen molar-refractivity contribution in [1.29, 1.82) is 0 Å². The maximum atomic E-state index is 12.8. The number of amides is 1. The first-order valence-electron chi connectivity index (χ1n) is 9.36. The molecule has 1 saturated heterocycles. The number of hydrogen-bond acceptors (Lipinski definition) is 4. The summed E-state index contributed by atoms with van der Waals surface area (Å²) in [7, 11) is 2.15. The SMILES string of the molecule is Cc1cc(N2CCN(C)CC2)ccc1NC(=O)c1oc2ccccc2c1C. The van der Waals surface area contributed by atoms with Crippen LogP contribution in [0.3, 0.4) is 0 Å². The maximum absolute atomic E-state index is 12.8. The Hall–Kier alpha value is -2.79. The summed E-state index contributed by atoms with van der Waals surface area (Å²) in [6, 6.07) is 13.9. The van der Waals surface area contributed by atoms with Gasteiger partial charge in [-0.15, -0.1) is 0 Å². The van der Waals surface area contributed by atoms with Gasteiger partial charge in [0, 0.05) is 48.5 Å². The highest BCUT2D eigenvalue weighted by Crippen LogP contribution is 2.27. The topological polar surface area (TPSA) is 48.7 Å². The van der Waals surface area contributed by atoms with E-state index in [0.717, 1.165) is 54.0 Å². The second kappa shape index (κ2) is 7.08. The molecule has 0 unspecified atom stereocenters. The lowest BCUT2D eigenvalue weighted by molar-refractivity contribution is 0.0998. The summed E-state index contributed by atoms with van der Waals surface area (Å²) in [6.07, 6.45) is 0. The van der Waals surface area contributed by atoms with Crippen LogP contribution in [0.1, 0.15) is 21.7 Å². The van der Waals surface area contributed by atoms with Crippen LogP contribution in [0, 0.1) is 13.8 Å². The number of rotatable bonds is 3. The first-order chi connectivity index (χ1) is 13.0. The molecule has 0 bridgehead atoms. The maximum Gasteiger partial charge on any atom is 0.291 e. The molecule has 0 saturated carbocycles. The largest absolute Gasteiger partial charge is 0.451 e. The van der Waals surface area contributed by atoms with Gasteiger partial charge in [0.1, 0.15) is 5.58 Å². The molecule has 0 atom stereocenters. The van der Waals surface area contributed by atoms with Gasteiger partial charge in [-0.3, -0.25) is 4.79 Å². The highest BCUT2D eigenvalue weighted by Gasteiger charge is 2.19. The van der Waals surface area contributed by atoms with Gasteiger partial charge in [-0.25, -0.2) is 0 Å². The van der Waals surface area contributed by atoms with Crippen molar-refractivity contribution in [1.82, 2.24) is 4.90 Å². The number of carbonyl (C=O) groups is 1. The Morgan fingerprint density at radius 1 is 1.04 bits per heavy atom. The van der Waals surface area contributed by atoms with Gasteiger partial charge in [-0.05, 0) is 50.7 Å². The summed E-state index contributed by atoms with van der Waals surface area (Å²) < 4.78 is 5.78. The fourth-order valence-corrected chi connectivity index (χ4v) is 3.62. The quantitative estimate of drug-likeness (QED) is 0.763. The van der Waals surface area contributed by atoms with Gasteiger partial charge in [0.25, 0.3) is 5.91 Å². The van der Waals surface area contributed by atoms with Crippen LogP contribution in [0.15, 0.2) is 46.9 Å². The molecule has 140 valence electrons. The van der Waals surface area contributed by atoms with Crippen LogP contribution in [0.2, 0.25) is 0 Å². The summed E-state index contributed by atoms with van der Waals surface area (Å²) in [5, 5.41) is 3.98. The summed E-state index contributed by atoms with van der Waals surface area (Å²) in [5.74, 6) is 0.165. The molecule has 1 aliphatic heterocycles. The van der Waals surface area contributed by atoms with Gasteiger partial charge in [-0.2, -0.15) is 0 Å². The van der Waals surface area contributed by atoms with Crippen molar-refractivity contribution in [2.24, 2.45) is 0 Å². The number of fused-ring (bicyclic) bond motifs is 1. The molecule has 1 aromatic heterocycles. The average molecular weight is 363 g/mol. The lowest BCUT2D eigenvalue weighted by atomic mass is 10.1. The minimum absolute atomic E-state index is 0.209. The van der Waals surface area contributed by atoms with Crippen molar-refractivity contribution < 1.29 is 9.21 Å². The number of nitrogens with one attached hydrogen (secondary N) is 1. The molecule has 4 rings (SSSR count). The average Bonchev–Trinajstić information content (AvgIpc) is 3.01. The molecule has 0 radical (unpaired) electrons. The Morgan fingerprint density at radius 3 is 2.48 bits per heavy atom. The molecular weight excluding hydrogens is 338 g/mol. The number of benzene rings is 2. The van der Waals surface area contributed by atoms with Crippen LogP contribution >= 0.6 is 0 Å². The monoisotopic (exact) mass is 363 g/mol. The standard InChI is InChI=1S/C22H25N3O2/c1-15-14-17(25-12-10-24(3)11-13-25)8-9-19(15)23-22(26)21-16(2)18-6-4-5-7-20(18)27-21/h4-9,14H,10-13H2,1-3H3,(H,23,26). The Bertz CT molecular complexity index is 984. The predicted molar refractivity (Wildman–Crippen MR) is 110 cm³/mol. The first-order valence-corrected chi connectivity index (χ1v) is 9.36. The van der Waals surface area contributed by atoms with Crippen LogP contribution < -0.4 is 10.2 Å². The number of likely N-dealkylation sites (N-methyl/N-ethyl adjacent to an activating group) is 1. The van der Waals surface area contributed by atoms with E-state index < -0.39 is 0 Å². The van der Waals surface area contributed by atoms with Crippen molar-refractivity contribution in [2.45, 2.75) is 13.8 Å². The van der Waals surface area contributed by atoms with E-state index in [-0.39, 0.29) is 5.91 Å². The second-order valence-electron chi connectivity index (χ2n) is 7.30. The number of furan rings is 1. The number of carbonyl (C=O) groups excluding carboxylic acids is 1. The van der Waals surface area contributed by atoms with Crippen LogP contribution in [0.5, 0.6) is 0 Å². The Labute approximate surface area is 159 Å². The summed E-state index contributed by atoms with van der Waals surface area (Å²) in [5.41, 5.74) is 4.68. The molecule has 5 heteroatoms. The van der Waals surface area contributed by atoms with Crippen LogP contribution in [0.25, 0.3) is 11.0 Å². The number of para-hydroxylation sites is 1. The van der Waals surface area contributed by atoms with Crippen molar-refractivity contribution in [3.05, 3.63) is 59.4 Å².